The number of carbonyl (C=O) groups is 1. The molecule has 0 aliphatic carbocycles. The van der Waals surface area contributed by atoms with Crippen molar-refractivity contribution in [3.63, 3.8) is 0 Å². The molecule has 6 nitrogen and oxygen atoms in total. The van der Waals surface area contributed by atoms with Crippen LogP contribution in [0.5, 0.6) is 0 Å². The smallest absolute Gasteiger partial charge is 0.287 e. The first-order valence-corrected chi connectivity index (χ1v) is 7.61. The highest BCUT2D eigenvalue weighted by Gasteiger charge is 2.22. The molecular formula is C17H17N3O3. The molecule has 0 unspecified atom stereocenters. The van der Waals surface area contributed by atoms with Gasteiger partial charge in [0, 0.05) is 29.4 Å². The first-order valence-electron chi connectivity index (χ1n) is 7.61. The lowest BCUT2D eigenvalue weighted by Gasteiger charge is -2.11. The van der Waals surface area contributed by atoms with Crippen LogP contribution in [0.25, 0.3) is 5.65 Å². The van der Waals surface area contributed by atoms with Crippen molar-refractivity contribution in [1.29, 1.82) is 0 Å². The van der Waals surface area contributed by atoms with Crippen LogP contribution in [0.3, 0.4) is 0 Å². The predicted octanol–water partition coefficient (Wildman–Crippen LogP) is 2.24. The maximum Gasteiger partial charge on any atom is 0.287 e. The fraction of sp³-hybridized carbons (Fsp3) is 0.294. The molecule has 4 rings (SSSR count). The number of furan rings is 1. The van der Waals surface area contributed by atoms with Crippen LogP contribution >= 0.6 is 0 Å². The van der Waals surface area contributed by atoms with E-state index in [9.17, 15) is 4.79 Å². The lowest BCUT2D eigenvalue weighted by atomic mass is 10.1. The second-order valence-electron chi connectivity index (χ2n) is 5.68. The molecular weight excluding hydrogens is 294 g/mol. The van der Waals surface area contributed by atoms with Gasteiger partial charge in [0.1, 0.15) is 5.65 Å². The van der Waals surface area contributed by atoms with Crippen LogP contribution in [0.2, 0.25) is 0 Å². The molecule has 0 aromatic carbocycles. The number of aryl methyl sites for hydroxylation is 1. The summed E-state index contributed by atoms with van der Waals surface area (Å²) in [6, 6.07) is 5.94. The highest BCUT2D eigenvalue weighted by Crippen LogP contribution is 2.22. The first-order chi connectivity index (χ1) is 11.2. The van der Waals surface area contributed by atoms with Gasteiger partial charge in [0.05, 0.1) is 31.7 Å². The molecule has 1 N–H and O–H groups in total. The van der Waals surface area contributed by atoms with E-state index >= 15 is 0 Å². The average molecular weight is 311 g/mol. The SMILES string of the molecule is Cc1cccc2nc(CNC(=O)c3occ4c3CCOC4)cn12. The first kappa shape index (κ1) is 14.0. The number of pyridine rings is 1. The van der Waals surface area contributed by atoms with E-state index in [1.165, 1.54) is 0 Å². The Bertz CT molecular complexity index is 878. The Kier molecular flexibility index (Phi) is 3.38. The Morgan fingerprint density at radius 2 is 2.35 bits per heavy atom. The largest absolute Gasteiger partial charge is 0.459 e. The fourth-order valence-electron chi connectivity index (χ4n) is 2.90. The van der Waals surface area contributed by atoms with Gasteiger partial charge < -0.3 is 18.9 Å². The van der Waals surface area contributed by atoms with E-state index in [0.717, 1.165) is 28.2 Å². The molecule has 1 amide bonds. The number of nitrogens with one attached hydrogen (secondary N) is 1. The van der Waals surface area contributed by atoms with Crippen LogP contribution in [-0.4, -0.2) is 21.9 Å². The molecule has 3 aromatic rings. The van der Waals surface area contributed by atoms with Crippen molar-refractivity contribution in [2.75, 3.05) is 6.61 Å². The number of nitrogens with zero attached hydrogens (tertiary/aromatic N) is 2. The summed E-state index contributed by atoms with van der Waals surface area (Å²) < 4.78 is 12.8. The number of amides is 1. The zero-order valence-electron chi connectivity index (χ0n) is 12.8. The van der Waals surface area contributed by atoms with Gasteiger partial charge in [-0.2, -0.15) is 0 Å². The molecule has 1 aliphatic heterocycles. The normalized spacial score (nSPS) is 14.0. The molecule has 4 heterocycles. The number of ether oxygens (including phenoxy) is 1. The van der Waals surface area contributed by atoms with Gasteiger partial charge in [-0.1, -0.05) is 6.07 Å². The van der Waals surface area contributed by atoms with Crippen LogP contribution in [0.15, 0.2) is 35.1 Å². The van der Waals surface area contributed by atoms with Crippen LogP contribution < -0.4 is 5.32 Å². The molecule has 0 radical (unpaired) electrons. The summed E-state index contributed by atoms with van der Waals surface area (Å²) in [5.41, 5.74) is 4.72. The van der Waals surface area contributed by atoms with E-state index in [1.54, 1.807) is 6.26 Å². The van der Waals surface area contributed by atoms with Crippen molar-refractivity contribution in [2.45, 2.75) is 26.5 Å². The maximum atomic E-state index is 12.4. The summed E-state index contributed by atoms with van der Waals surface area (Å²) in [6.07, 6.45) is 4.26. The van der Waals surface area contributed by atoms with E-state index in [4.69, 9.17) is 9.15 Å². The topological polar surface area (TPSA) is 68.8 Å². The zero-order valence-corrected chi connectivity index (χ0v) is 12.8. The van der Waals surface area contributed by atoms with Gasteiger partial charge in [0.2, 0.25) is 0 Å². The quantitative estimate of drug-likeness (QED) is 0.805. The third-order valence-electron chi connectivity index (χ3n) is 4.12. The Morgan fingerprint density at radius 3 is 3.22 bits per heavy atom. The molecule has 23 heavy (non-hydrogen) atoms. The second kappa shape index (κ2) is 5.55. The van der Waals surface area contributed by atoms with Crippen molar-refractivity contribution in [1.82, 2.24) is 14.7 Å². The Labute approximate surface area is 133 Å². The van der Waals surface area contributed by atoms with Gasteiger partial charge >= 0.3 is 0 Å². The lowest BCUT2D eigenvalue weighted by Crippen LogP contribution is -2.24. The van der Waals surface area contributed by atoms with Crippen molar-refractivity contribution in [3.05, 3.63) is 58.9 Å². The Hall–Kier alpha value is -2.60. The van der Waals surface area contributed by atoms with Crippen molar-refractivity contribution >= 4 is 11.6 Å². The van der Waals surface area contributed by atoms with Crippen LogP contribution in [0.4, 0.5) is 0 Å². The van der Waals surface area contributed by atoms with Crippen LogP contribution in [0, 0.1) is 6.92 Å². The van der Waals surface area contributed by atoms with Gasteiger partial charge in [-0.05, 0) is 19.1 Å². The highest BCUT2D eigenvalue weighted by atomic mass is 16.5. The maximum absolute atomic E-state index is 12.4. The molecule has 6 heteroatoms. The molecule has 118 valence electrons. The summed E-state index contributed by atoms with van der Waals surface area (Å²) in [5, 5.41) is 2.88. The monoisotopic (exact) mass is 311 g/mol. The van der Waals surface area contributed by atoms with Gasteiger partial charge in [-0.15, -0.1) is 0 Å². The summed E-state index contributed by atoms with van der Waals surface area (Å²) in [5.74, 6) is 0.185. The zero-order chi connectivity index (χ0) is 15.8. The minimum atomic E-state index is -0.207. The van der Waals surface area contributed by atoms with E-state index in [-0.39, 0.29) is 5.91 Å². The molecule has 0 atom stereocenters. The van der Waals surface area contributed by atoms with Crippen LogP contribution in [0.1, 0.15) is 33.1 Å². The number of carbonyl (C=O) groups excluding carboxylic acids is 1. The molecule has 0 bridgehead atoms. The average Bonchev–Trinajstić information content (AvgIpc) is 3.17. The van der Waals surface area contributed by atoms with E-state index in [2.05, 4.69) is 10.3 Å². The summed E-state index contributed by atoms with van der Waals surface area (Å²) in [4.78, 5) is 16.9. The summed E-state index contributed by atoms with van der Waals surface area (Å²) in [6.45, 7) is 3.52. The lowest BCUT2D eigenvalue weighted by molar-refractivity contribution is 0.0916. The standard InChI is InChI=1S/C17H17N3O3/c1-11-3-2-4-15-19-13(8-20(11)15)7-18-17(21)16-14-5-6-22-9-12(14)10-23-16/h2-4,8,10H,5-7,9H2,1H3,(H,18,21). The second-order valence-corrected chi connectivity index (χ2v) is 5.68. The van der Waals surface area contributed by atoms with Gasteiger partial charge in [0.25, 0.3) is 5.91 Å². The summed E-state index contributed by atoms with van der Waals surface area (Å²) in [7, 11) is 0. The van der Waals surface area contributed by atoms with Crippen molar-refractivity contribution < 1.29 is 13.9 Å². The number of aromatic nitrogens is 2. The van der Waals surface area contributed by atoms with E-state index in [1.807, 2.05) is 35.7 Å². The van der Waals surface area contributed by atoms with Gasteiger partial charge in [-0.3, -0.25) is 4.79 Å². The number of hydrogen-bond acceptors (Lipinski definition) is 4. The molecule has 0 saturated carbocycles. The number of imidazole rings is 1. The van der Waals surface area contributed by atoms with Crippen LogP contribution in [-0.2, 0) is 24.3 Å². The minimum absolute atomic E-state index is 0.207. The Morgan fingerprint density at radius 1 is 1.43 bits per heavy atom. The molecule has 1 aliphatic rings. The third-order valence-corrected chi connectivity index (χ3v) is 4.12. The minimum Gasteiger partial charge on any atom is -0.459 e. The number of fused-ring (bicyclic) bond motifs is 2. The molecule has 0 spiro atoms. The predicted molar refractivity (Wildman–Crippen MR) is 83.2 cm³/mol. The third kappa shape index (κ3) is 2.51. The van der Waals surface area contributed by atoms with Crippen molar-refractivity contribution in [2.24, 2.45) is 0 Å². The number of hydrogen-bond donors (Lipinski definition) is 1. The fourth-order valence-corrected chi connectivity index (χ4v) is 2.90. The van der Waals surface area contributed by atoms with E-state index < -0.39 is 0 Å². The summed E-state index contributed by atoms with van der Waals surface area (Å²) >= 11 is 0. The molecule has 3 aromatic heterocycles. The van der Waals surface area contributed by atoms with Gasteiger partial charge in [0.15, 0.2) is 5.76 Å². The Balaban J connectivity index is 1.50. The highest BCUT2D eigenvalue weighted by molar-refractivity contribution is 5.93. The molecule has 0 saturated heterocycles. The number of rotatable bonds is 3. The van der Waals surface area contributed by atoms with Gasteiger partial charge in [-0.25, -0.2) is 4.98 Å². The van der Waals surface area contributed by atoms with Crippen molar-refractivity contribution in [3.8, 4) is 0 Å². The molecule has 0 fully saturated rings. The van der Waals surface area contributed by atoms with E-state index in [0.29, 0.717) is 31.9 Å².